The summed E-state index contributed by atoms with van der Waals surface area (Å²) in [6, 6.07) is 12.7. The first kappa shape index (κ1) is 21.1. The van der Waals surface area contributed by atoms with Crippen LogP contribution in [0.4, 0.5) is 10.8 Å². The fourth-order valence-electron chi connectivity index (χ4n) is 2.43. The van der Waals surface area contributed by atoms with Gasteiger partial charge in [-0.2, -0.15) is 0 Å². The molecule has 0 saturated heterocycles. The van der Waals surface area contributed by atoms with Gasteiger partial charge in [-0.15, -0.1) is 0 Å². The zero-order valence-corrected chi connectivity index (χ0v) is 18.0. The fourth-order valence-corrected chi connectivity index (χ4v) is 4.65. The van der Waals surface area contributed by atoms with Crippen molar-refractivity contribution in [1.29, 1.82) is 0 Å². The number of carbonyl (C=O) groups is 1. The van der Waals surface area contributed by atoms with Crippen molar-refractivity contribution >= 4 is 49.7 Å². The Balaban J connectivity index is 1.73. The normalized spacial score (nSPS) is 11.1. The van der Waals surface area contributed by atoms with Gasteiger partial charge in [0.1, 0.15) is 10.6 Å². The Labute approximate surface area is 177 Å². The molecule has 0 bridgehead atoms. The maximum Gasteiger partial charge on any atom is 0.267 e. The molecule has 0 aliphatic carbocycles. The van der Waals surface area contributed by atoms with Crippen LogP contribution >= 0.6 is 22.9 Å². The summed E-state index contributed by atoms with van der Waals surface area (Å²) in [4.78, 5) is 17.1. The van der Waals surface area contributed by atoms with Gasteiger partial charge in [0.15, 0.2) is 5.13 Å². The molecular formula is C19H18ClN3O4S2. The number of amides is 1. The van der Waals surface area contributed by atoms with E-state index < -0.39 is 10.0 Å². The van der Waals surface area contributed by atoms with Gasteiger partial charge in [-0.1, -0.05) is 22.9 Å². The number of hydrogen-bond acceptors (Lipinski definition) is 6. The number of nitrogens with one attached hydrogen (secondary N) is 2. The van der Waals surface area contributed by atoms with E-state index in [0.717, 1.165) is 11.3 Å². The van der Waals surface area contributed by atoms with E-state index in [2.05, 4.69) is 15.0 Å². The second-order valence-electron chi connectivity index (χ2n) is 5.90. The molecule has 0 radical (unpaired) electrons. The minimum Gasteiger partial charge on any atom is -0.494 e. The molecule has 0 saturated carbocycles. The summed E-state index contributed by atoms with van der Waals surface area (Å²) >= 11 is 6.75. The fraction of sp³-hybridized carbons (Fsp3) is 0.158. The van der Waals surface area contributed by atoms with Crippen molar-refractivity contribution in [2.24, 2.45) is 0 Å². The molecule has 1 amide bonds. The molecular weight excluding hydrogens is 434 g/mol. The minimum atomic E-state index is -3.83. The molecule has 29 heavy (non-hydrogen) atoms. The lowest BCUT2D eigenvalue weighted by atomic mass is 10.3. The van der Waals surface area contributed by atoms with E-state index in [1.54, 1.807) is 31.2 Å². The van der Waals surface area contributed by atoms with Crippen molar-refractivity contribution in [3.05, 3.63) is 64.1 Å². The lowest BCUT2D eigenvalue weighted by molar-refractivity contribution is 0.102. The highest BCUT2D eigenvalue weighted by atomic mass is 35.5. The second kappa shape index (κ2) is 8.81. The Bertz CT molecular complexity index is 1110. The van der Waals surface area contributed by atoms with Gasteiger partial charge in [-0.05, 0) is 62.4 Å². The molecule has 0 fully saturated rings. The predicted octanol–water partition coefficient (Wildman–Crippen LogP) is 4.56. The Morgan fingerprint density at radius 1 is 1.14 bits per heavy atom. The number of benzene rings is 2. The van der Waals surface area contributed by atoms with E-state index in [0.29, 0.717) is 33.6 Å². The summed E-state index contributed by atoms with van der Waals surface area (Å²) in [5.41, 5.74) is 1.02. The number of aromatic nitrogens is 1. The van der Waals surface area contributed by atoms with Crippen LogP contribution in [0.15, 0.2) is 53.4 Å². The van der Waals surface area contributed by atoms with Gasteiger partial charge >= 0.3 is 0 Å². The monoisotopic (exact) mass is 451 g/mol. The van der Waals surface area contributed by atoms with Gasteiger partial charge in [0, 0.05) is 10.7 Å². The zero-order valence-electron chi connectivity index (χ0n) is 15.6. The molecule has 152 valence electrons. The number of hydrogen-bond donors (Lipinski definition) is 2. The number of nitrogens with zero attached hydrogens (tertiary/aromatic N) is 1. The first-order valence-corrected chi connectivity index (χ1v) is 11.3. The molecule has 1 heterocycles. The van der Waals surface area contributed by atoms with E-state index in [-0.39, 0.29) is 15.9 Å². The quantitative estimate of drug-likeness (QED) is 0.549. The molecule has 1 aromatic heterocycles. The average molecular weight is 452 g/mol. The third kappa shape index (κ3) is 5.26. The van der Waals surface area contributed by atoms with Crippen molar-refractivity contribution in [1.82, 2.24) is 4.98 Å². The number of halogens is 1. The van der Waals surface area contributed by atoms with Crippen molar-refractivity contribution in [2.45, 2.75) is 18.7 Å². The highest BCUT2D eigenvalue weighted by Crippen LogP contribution is 2.27. The Morgan fingerprint density at radius 3 is 2.41 bits per heavy atom. The van der Waals surface area contributed by atoms with E-state index >= 15 is 0 Å². The van der Waals surface area contributed by atoms with Gasteiger partial charge in [-0.25, -0.2) is 13.4 Å². The number of rotatable bonds is 7. The van der Waals surface area contributed by atoms with Crippen LogP contribution in [0.3, 0.4) is 0 Å². The van der Waals surface area contributed by atoms with Crippen LogP contribution in [0.25, 0.3) is 0 Å². The third-order valence-corrected chi connectivity index (χ3v) is 6.58. The van der Waals surface area contributed by atoms with Gasteiger partial charge in [0.2, 0.25) is 0 Å². The van der Waals surface area contributed by atoms with Crippen molar-refractivity contribution in [3.63, 3.8) is 0 Å². The Hall–Kier alpha value is -2.62. The Morgan fingerprint density at radius 2 is 1.79 bits per heavy atom. The summed E-state index contributed by atoms with van der Waals surface area (Å²) < 4.78 is 32.7. The maximum absolute atomic E-state index is 12.6. The highest BCUT2D eigenvalue weighted by Gasteiger charge is 2.20. The molecule has 0 unspecified atom stereocenters. The van der Waals surface area contributed by atoms with Crippen LogP contribution < -0.4 is 14.8 Å². The van der Waals surface area contributed by atoms with Gasteiger partial charge in [0.25, 0.3) is 15.9 Å². The summed E-state index contributed by atoms with van der Waals surface area (Å²) in [6.07, 6.45) is 0. The summed E-state index contributed by atoms with van der Waals surface area (Å²) in [6.45, 7) is 4.09. The molecule has 3 aromatic rings. The number of aryl methyl sites for hydroxylation is 1. The number of anilines is 2. The van der Waals surface area contributed by atoms with Crippen LogP contribution in [0.1, 0.15) is 22.3 Å². The molecule has 10 heteroatoms. The van der Waals surface area contributed by atoms with Gasteiger partial charge in [-0.3, -0.25) is 9.52 Å². The molecule has 0 spiro atoms. The van der Waals surface area contributed by atoms with E-state index in [4.69, 9.17) is 16.3 Å². The lowest BCUT2D eigenvalue weighted by Crippen LogP contribution is -2.12. The molecule has 0 aliphatic heterocycles. The molecule has 3 rings (SSSR count). The van der Waals surface area contributed by atoms with Gasteiger partial charge in [0.05, 0.1) is 17.2 Å². The number of sulfonamides is 1. The summed E-state index contributed by atoms with van der Waals surface area (Å²) in [7, 11) is -3.83. The van der Waals surface area contributed by atoms with Gasteiger partial charge < -0.3 is 10.1 Å². The topological polar surface area (TPSA) is 97.4 Å². The minimum absolute atomic E-state index is 0.0511. The molecule has 2 aromatic carbocycles. The number of ether oxygens (including phenoxy) is 1. The number of thiazole rings is 1. The highest BCUT2D eigenvalue weighted by molar-refractivity contribution is 7.93. The summed E-state index contributed by atoms with van der Waals surface area (Å²) in [5, 5.41) is 3.30. The maximum atomic E-state index is 12.6. The smallest absolute Gasteiger partial charge is 0.267 e. The molecule has 0 atom stereocenters. The van der Waals surface area contributed by atoms with E-state index in [1.807, 2.05) is 6.92 Å². The Kier molecular flexibility index (Phi) is 6.41. The summed E-state index contributed by atoms with van der Waals surface area (Å²) in [5.74, 6) is 0.333. The van der Waals surface area contributed by atoms with Crippen molar-refractivity contribution in [2.75, 3.05) is 16.6 Å². The lowest BCUT2D eigenvalue weighted by Gasteiger charge is -2.06. The zero-order chi connectivity index (χ0) is 21.0. The molecule has 7 nitrogen and oxygen atoms in total. The van der Waals surface area contributed by atoms with Crippen LogP contribution in [-0.2, 0) is 10.0 Å². The van der Waals surface area contributed by atoms with E-state index in [9.17, 15) is 13.2 Å². The standard InChI is InChI=1S/C19H18ClN3O4S2/c1-3-27-15-8-6-14(7-9-15)22-18(24)17-12(2)21-19(28-17)23-29(25,26)16-10-4-13(20)5-11-16/h4-11H,3H2,1-2H3,(H,21,23)(H,22,24). The first-order chi connectivity index (χ1) is 13.8. The SMILES string of the molecule is CCOc1ccc(NC(=O)c2sc(NS(=O)(=O)c3ccc(Cl)cc3)nc2C)cc1. The van der Waals surface area contributed by atoms with Crippen molar-refractivity contribution in [3.8, 4) is 5.75 Å². The number of carbonyl (C=O) groups excluding carboxylic acids is 1. The third-order valence-electron chi connectivity index (χ3n) is 3.77. The van der Waals surface area contributed by atoms with Crippen molar-refractivity contribution < 1.29 is 17.9 Å². The second-order valence-corrected chi connectivity index (χ2v) is 9.02. The van der Waals surface area contributed by atoms with Crippen LogP contribution in [-0.4, -0.2) is 25.9 Å². The molecule has 2 N–H and O–H groups in total. The van der Waals surface area contributed by atoms with E-state index in [1.165, 1.54) is 24.3 Å². The predicted molar refractivity (Wildman–Crippen MR) is 115 cm³/mol. The average Bonchev–Trinajstić information content (AvgIpc) is 3.03. The van der Waals surface area contributed by atoms with Crippen LogP contribution in [0.5, 0.6) is 5.75 Å². The van der Waals surface area contributed by atoms with Crippen LogP contribution in [0, 0.1) is 6.92 Å². The largest absolute Gasteiger partial charge is 0.494 e. The molecule has 0 aliphatic rings. The van der Waals surface area contributed by atoms with Crippen LogP contribution in [0.2, 0.25) is 5.02 Å². The first-order valence-electron chi connectivity index (χ1n) is 8.58.